The second kappa shape index (κ2) is 4.43. The van der Waals surface area contributed by atoms with Crippen LogP contribution in [0.15, 0.2) is 0 Å². The molecule has 13 heavy (non-hydrogen) atoms. The molecule has 0 bridgehead atoms. The van der Waals surface area contributed by atoms with Gasteiger partial charge in [0.25, 0.3) is 0 Å². The highest BCUT2D eigenvalue weighted by Crippen LogP contribution is 2.37. The molecule has 0 aromatic heterocycles. The summed E-state index contributed by atoms with van der Waals surface area (Å²) >= 11 is 0. The molecule has 1 N–H and O–H groups in total. The molecular formula is C11H23NO. The largest absolute Gasteiger partial charge is 0.396 e. The van der Waals surface area contributed by atoms with Crippen LogP contribution in [0.25, 0.3) is 0 Å². The Morgan fingerprint density at radius 1 is 1.46 bits per heavy atom. The predicted octanol–water partition coefficient (Wildman–Crippen LogP) is 1.74. The van der Waals surface area contributed by atoms with Crippen LogP contribution in [0.5, 0.6) is 0 Å². The summed E-state index contributed by atoms with van der Waals surface area (Å²) in [5.74, 6) is 0.672. The molecular weight excluding hydrogens is 162 g/mol. The van der Waals surface area contributed by atoms with Crippen molar-refractivity contribution in [1.82, 2.24) is 4.90 Å². The Bertz CT molecular complexity index is 156. The van der Waals surface area contributed by atoms with E-state index in [1.807, 2.05) is 0 Å². The van der Waals surface area contributed by atoms with E-state index in [2.05, 4.69) is 25.7 Å². The van der Waals surface area contributed by atoms with E-state index in [9.17, 15) is 0 Å². The van der Waals surface area contributed by atoms with Crippen molar-refractivity contribution >= 4 is 0 Å². The SMILES string of the molecule is CCN1CCC(C)(C)C(CCO)C1. The number of piperidine rings is 1. The van der Waals surface area contributed by atoms with Gasteiger partial charge in [-0.1, -0.05) is 20.8 Å². The maximum absolute atomic E-state index is 8.99. The molecule has 1 unspecified atom stereocenters. The van der Waals surface area contributed by atoms with Gasteiger partial charge >= 0.3 is 0 Å². The first-order valence-corrected chi connectivity index (χ1v) is 5.43. The monoisotopic (exact) mass is 185 g/mol. The molecule has 0 aliphatic carbocycles. The molecule has 1 aliphatic rings. The van der Waals surface area contributed by atoms with Crippen molar-refractivity contribution in [3.05, 3.63) is 0 Å². The van der Waals surface area contributed by atoms with Crippen LogP contribution >= 0.6 is 0 Å². The van der Waals surface area contributed by atoms with Gasteiger partial charge in [-0.15, -0.1) is 0 Å². The summed E-state index contributed by atoms with van der Waals surface area (Å²) in [6.07, 6.45) is 2.23. The highest BCUT2D eigenvalue weighted by Gasteiger charge is 2.34. The summed E-state index contributed by atoms with van der Waals surface area (Å²) in [6.45, 7) is 10.8. The van der Waals surface area contributed by atoms with Crippen LogP contribution < -0.4 is 0 Å². The van der Waals surface area contributed by atoms with Crippen molar-refractivity contribution < 1.29 is 5.11 Å². The fourth-order valence-corrected chi connectivity index (χ4v) is 2.23. The van der Waals surface area contributed by atoms with Crippen LogP contribution in [0.2, 0.25) is 0 Å². The van der Waals surface area contributed by atoms with Gasteiger partial charge in [-0.3, -0.25) is 0 Å². The number of rotatable bonds is 3. The summed E-state index contributed by atoms with van der Waals surface area (Å²) in [7, 11) is 0. The van der Waals surface area contributed by atoms with Crippen molar-refractivity contribution in [2.24, 2.45) is 11.3 Å². The van der Waals surface area contributed by atoms with Crippen LogP contribution in [0, 0.1) is 11.3 Å². The van der Waals surface area contributed by atoms with E-state index in [1.165, 1.54) is 19.5 Å². The topological polar surface area (TPSA) is 23.5 Å². The molecule has 1 rings (SSSR count). The molecule has 0 spiro atoms. The highest BCUT2D eigenvalue weighted by molar-refractivity contribution is 4.86. The first kappa shape index (κ1) is 11.0. The molecule has 78 valence electrons. The van der Waals surface area contributed by atoms with Crippen molar-refractivity contribution in [2.75, 3.05) is 26.2 Å². The van der Waals surface area contributed by atoms with Gasteiger partial charge < -0.3 is 10.0 Å². The Morgan fingerprint density at radius 2 is 2.15 bits per heavy atom. The Morgan fingerprint density at radius 3 is 2.69 bits per heavy atom. The molecule has 0 radical (unpaired) electrons. The Balaban J connectivity index is 2.52. The molecule has 1 fully saturated rings. The van der Waals surface area contributed by atoms with Gasteiger partial charge in [0, 0.05) is 13.2 Å². The lowest BCUT2D eigenvalue weighted by Gasteiger charge is -2.43. The number of nitrogens with zero attached hydrogens (tertiary/aromatic N) is 1. The number of likely N-dealkylation sites (tertiary alicyclic amines) is 1. The number of aliphatic hydroxyl groups excluding tert-OH is 1. The van der Waals surface area contributed by atoms with Crippen molar-refractivity contribution in [3.8, 4) is 0 Å². The Kier molecular flexibility index (Phi) is 3.74. The van der Waals surface area contributed by atoms with Gasteiger partial charge in [0.1, 0.15) is 0 Å². The van der Waals surface area contributed by atoms with Crippen molar-refractivity contribution in [3.63, 3.8) is 0 Å². The second-order valence-corrected chi connectivity index (χ2v) is 4.84. The van der Waals surface area contributed by atoms with Gasteiger partial charge in [-0.05, 0) is 37.3 Å². The fourth-order valence-electron chi connectivity index (χ4n) is 2.23. The summed E-state index contributed by atoms with van der Waals surface area (Å²) in [5.41, 5.74) is 0.425. The quantitative estimate of drug-likeness (QED) is 0.724. The number of hydrogen-bond acceptors (Lipinski definition) is 2. The molecule has 0 aromatic rings. The highest BCUT2D eigenvalue weighted by atomic mass is 16.3. The van der Waals surface area contributed by atoms with E-state index in [1.54, 1.807) is 0 Å². The zero-order valence-corrected chi connectivity index (χ0v) is 9.21. The molecule has 0 amide bonds. The summed E-state index contributed by atoms with van der Waals surface area (Å²) in [6, 6.07) is 0. The van der Waals surface area contributed by atoms with Gasteiger partial charge in [0.05, 0.1) is 0 Å². The summed E-state index contributed by atoms with van der Waals surface area (Å²) in [5, 5.41) is 8.99. The van der Waals surface area contributed by atoms with Crippen LogP contribution in [0.3, 0.4) is 0 Å². The van der Waals surface area contributed by atoms with Crippen molar-refractivity contribution in [2.45, 2.75) is 33.6 Å². The molecule has 1 atom stereocenters. The van der Waals surface area contributed by atoms with E-state index in [4.69, 9.17) is 5.11 Å². The standard InChI is InChI=1S/C11H23NO/c1-4-12-7-6-11(2,3)10(9-12)5-8-13/h10,13H,4-9H2,1-3H3. The molecule has 2 nitrogen and oxygen atoms in total. The predicted molar refractivity (Wildman–Crippen MR) is 55.7 cm³/mol. The minimum absolute atomic E-state index is 0.339. The van der Waals surface area contributed by atoms with E-state index >= 15 is 0 Å². The zero-order valence-electron chi connectivity index (χ0n) is 9.21. The third-order valence-electron chi connectivity index (χ3n) is 3.58. The van der Waals surface area contributed by atoms with Gasteiger partial charge in [0.2, 0.25) is 0 Å². The Hall–Kier alpha value is -0.0800. The molecule has 1 heterocycles. The summed E-state index contributed by atoms with van der Waals surface area (Å²) in [4.78, 5) is 2.49. The average Bonchev–Trinajstić information content (AvgIpc) is 2.09. The van der Waals surface area contributed by atoms with Gasteiger partial charge in [0.15, 0.2) is 0 Å². The second-order valence-electron chi connectivity index (χ2n) is 4.84. The lowest BCUT2D eigenvalue weighted by Crippen LogP contribution is -2.44. The number of hydrogen-bond donors (Lipinski definition) is 1. The van der Waals surface area contributed by atoms with E-state index < -0.39 is 0 Å². The third-order valence-corrected chi connectivity index (χ3v) is 3.58. The maximum atomic E-state index is 8.99. The minimum Gasteiger partial charge on any atom is -0.396 e. The molecule has 0 saturated carbocycles. The maximum Gasteiger partial charge on any atom is 0.0434 e. The first-order chi connectivity index (χ1) is 6.10. The molecule has 0 aromatic carbocycles. The smallest absolute Gasteiger partial charge is 0.0434 e. The minimum atomic E-state index is 0.339. The van der Waals surface area contributed by atoms with E-state index in [0.29, 0.717) is 17.9 Å². The van der Waals surface area contributed by atoms with E-state index in [0.717, 1.165) is 13.0 Å². The van der Waals surface area contributed by atoms with Crippen molar-refractivity contribution in [1.29, 1.82) is 0 Å². The van der Waals surface area contributed by atoms with Crippen LogP contribution in [0.4, 0.5) is 0 Å². The lowest BCUT2D eigenvalue weighted by molar-refractivity contribution is 0.0467. The normalized spacial score (nSPS) is 29.1. The van der Waals surface area contributed by atoms with Crippen LogP contribution in [-0.2, 0) is 0 Å². The summed E-state index contributed by atoms with van der Waals surface area (Å²) < 4.78 is 0. The van der Waals surface area contributed by atoms with Gasteiger partial charge in [-0.2, -0.15) is 0 Å². The first-order valence-electron chi connectivity index (χ1n) is 5.43. The number of aliphatic hydroxyl groups is 1. The van der Waals surface area contributed by atoms with Gasteiger partial charge in [-0.25, -0.2) is 0 Å². The lowest BCUT2D eigenvalue weighted by atomic mass is 9.72. The Labute approximate surface area is 81.9 Å². The third kappa shape index (κ3) is 2.68. The zero-order chi connectivity index (χ0) is 9.90. The van der Waals surface area contributed by atoms with Crippen LogP contribution in [0.1, 0.15) is 33.6 Å². The fraction of sp³-hybridized carbons (Fsp3) is 1.00. The molecule has 2 heteroatoms. The molecule has 1 aliphatic heterocycles. The van der Waals surface area contributed by atoms with E-state index in [-0.39, 0.29) is 0 Å². The van der Waals surface area contributed by atoms with Crippen LogP contribution in [-0.4, -0.2) is 36.2 Å². The average molecular weight is 185 g/mol. The molecule has 1 saturated heterocycles.